The molecule has 1 aromatic heterocycles. The highest BCUT2D eigenvalue weighted by Gasteiger charge is 2.03. The van der Waals surface area contributed by atoms with Crippen LogP contribution in [-0.2, 0) is 17.8 Å². The van der Waals surface area contributed by atoms with Crippen molar-refractivity contribution in [1.29, 1.82) is 0 Å². The van der Waals surface area contributed by atoms with Gasteiger partial charge in [0.05, 0.1) is 6.42 Å². The van der Waals surface area contributed by atoms with E-state index >= 15 is 0 Å². The first-order chi connectivity index (χ1) is 5.24. The molecule has 0 saturated heterocycles. The number of Topliss-reactive ketones (excluding diaryl/α,β-unsaturated/α-hetero) is 1. The van der Waals surface area contributed by atoms with E-state index in [1.54, 1.807) is 11.6 Å². The van der Waals surface area contributed by atoms with E-state index < -0.39 is 0 Å². The lowest BCUT2D eigenvalue weighted by molar-refractivity contribution is -0.116. The third-order valence-corrected chi connectivity index (χ3v) is 1.40. The molecule has 4 nitrogen and oxygen atoms in total. The minimum atomic E-state index is 0.118. The molecule has 0 aromatic carbocycles. The van der Waals surface area contributed by atoms with Gasteiger partial charge in [-0.15, -0.1) is 0 Å². The van der Waals surface area contributed by atoms with E-state index in [0.29, 0.717) is 6.42 Å². The summed E-state index contributed by atoms with van der Waals surface area (Å²) in [6, 6.07) is 0. The van der Waals surface area contributed by atoms with E-state index in [1.165, 1.54) is 6.33 Å². The predicted molar refractivity (Wildman–Crippen MR) is 40.1 cm³/mol. The van der Waals surface area contributed by atoms with E-state index in [4.69, 9.17) is 0 Å². The Morgan fingerprint density at radius 3 is 3.00 bits per heavy atom. The first-order valence-corrected chi connectivity index (χ1v) is 3.60. The van der Waals surface area contributed by atoms with E-state index in [-0.39, 0.29) is 5.78 Å². The molecule has 0 spiro atoms. The van der Waals surface area contributed by atoms with Crippen LogP contribution in [0, 0.1) is 0 Å². The highest BCUT2D eigenvalue weighted by molar-refractivity contribution is 5.77. The number of ketones is 1. The van der Waals surface area contributed by atoms with Crippen molar-refractivity contribution in [3.05, 3.63) is 12.2 Å². The molecule has 1 heterocycles. The van der Waals surface area contributed by atoms with Crippen LogP contribution in [0.2, 0.25) is 0 Å². The Morgan fingerprint density at radius 1 is 1.73 bits per heavy atom. The molecule has 1 rings (SSSR count). The summed E-state index contributed by atoms with van der Waals surface area (Å²) in [6.07, 6.45) is 1.86. The van der Waals surface area contributed by atoms with Gasteiger partial charge in [-0.1, -0.05) is 0 Å². The molecule has 0 N–H and O–H groups in total. The van der Waals surface area contributed by atoms with Crippen LogP contribution in [0.5, 0.6) is 0 Å². The number of nitrogens with zero attached hydrogens (tertiary/aromatic N) is 3. The Hall–Kier alpha value is -1.19. The highest BCUT2D eigenvalue weighted by Crippen LogP contribution is 1.95. The zero-order chi connectivity index (χ0) is 8.27. The molecular formula is C7H11N3O. The summed E-state index contributed by atoms with van der Waals surface area (Å²) < 4.78 is 1.72. The van der Waals surface area contributed by atoms with Crippen LogP contribution in [0.1, 0.15) is 19.7 Å². The normalized spacial score (nSPS) is 10.0. The first kappa shape index (κ1) is 7.91. The fourth-order valence-electron chi connectivity index (χ4n) is 0.912. The van der Waals surface area contributed by atoms with Gasteiger partial charge in [-0.05, 0) is 13.8 Å². The van der Waals surface area contributed by atoms with Gasteiger partial charge in [0.2, 0.25) is 0 Å². The van der Waals surface area contributed by atoms with E-state index in [9.17, 15) is 4.79 Å². The van der Waals surface area contributed by atoms with Crippen LogP contribution in [0.4, 0.5) is 0 Å². The second-order valence-corrected chi connectivity index (χ2v) is 2.37. The molecule has 0 bridgehead atoms. The van der Waals surface area contributed by atoms with Gasteiger partial charge in [-0.3, -0.25) is 4.79 Å². The van der Waals surface area contributed by atoms with Gasteiger partial charge in [0, 0.05) is 6.54 Å². The summed E-state index contributed by atoms with van der Waals surface area (Å²) in [6.45, 7) is 4.29. The summed E-state index contributed by atoms with van der Waals surface area (Å²) in [5, 5.41) is 3.94. The summed E-state index contributed by atoms with van der Waals surface area (Å²) in [4.78, 5) is 14.7. The zero-order valence-corrected chi connectivity index (χ0v) is 6.74. The molecule has 0 radical (unpaired) electrons. The number of rotatable bonds is 3. The Labute approximate surface area is 65.2 Å². The number of hydrogen-bond acceptors (Lipinski definition) is 3. The second kappa shape index (κ2) is 3.27. The number of hydrogen-bond donors (Lipinski definition) is 0. The number of aromatic nitrogens is 3. The van der Waals surface area contributed by atoms with Crippen LogP contribution in [0.15, 0.2) is 6.33 Å². The van der Waals surface area contributed by atoms with Crippen molar-refractivity contribution in [2.45, 2.75) is 26.8 Å². The van der Waals surface area contributed by atoms with Gasteiger partial charge >= 0.3 is 0 Å². The lowest BCUT2D eigenvalue weighted by atomic mass is 10.3. The van der Waals surface area contributed by atoms with Crippen LogP contribution >= 0.6 is 0 Å². The molecule has 0 aliphatic heterocycles. The van der Waals surface area contributed by atoms with Crippen LogP contribution in [0.3, 0.4) is 0 Å². The Bertz CT molecular complexity index is 254. The molecule has 0 aliphatic rings. The van der Waals surface area contributed by atoms with Crippen molar-refractivity contribution in [2.75, 3.05) is 0 Å². The molecule has 0 amide bonds. The average molecular weight is 153 g/mol. The number of carbonyl (C=O) groups is 1. The standard InChI is InChI=1S/C7H11N3O/c1-3-10-7(4-6(2)11)8-5-9-10/h5H,3-4H2,1-2H3. The van der Waals surface area contributed by atoms with Crippen molar-refractivity contribution in [3.8, 4) is 0 Å². The van der Waals surface area contributed by atoms with Crippen molar-refractivity contribution in [3.63, 3.8) is 0 Å². The van der Waals surface area contributed by atoms with Crippen molar-refractivity contribution in [1.82, 2.24) is 14.8 Å². The maximum atomic E-state index is 10.7. The molecule has 0 fully saturated rings. The quantitative estimate of drug-likeness (QED) is 0.632. The molecule has 0 unspecified atom stereocenters. The van der Waals surface area contributed by atoms with Crippen LogP contribution in [0.25, 0.3) is 0 Å². The zero-order valence-electron chi connectivity index (χ0n) is 6.74. The highest BCUT2D eigenvalue weighted by atomic mass is 16.1. The second-order valence-electron chi connectivity index (χ2n) is 2.37. The van der Waals surface area contributed by atoms with E-state index in [2.05, 4.69) is 10.1 Å². The van der Waals surface area contributed by atoms with Crippen molar-refractivity contribution >= 4 is 5.78 Å². The molecule has 0 saturated carbocycles. The largest absolute Gasteiger partial charge is 0.300 e. The summed E-state index contributed by atoms with van der Waals surface area (Å²) in [5.74, 6) is 0.868. The topological polar surface area (TPSA) is 47.8 Å². The van der Waals surface area contributed by atoms with Gasteiger partial charge in [-0.2, -0.15) is 5.10 Å². The molecule has 0 atom stereocenters. The van der Waals surface area contributed by atoms with Crippen molar-refractivity contribution < 1.29 is 4.79 Å². The fraction of sp³-hybridized carbons (Fsp3) is 0.571. The number of carbonyl (C=O) groups excluding carboxylic acids is 1. The predicted octanol–water partition coefficient (Wildman–Crippen LogP) is 0.429. The monoisotopic (exact) mass is 153 g/mol. The van der Waals surface area contributed by atoms with E-state index in [1.807, 2.05) is 6.92 Å². The molecule has 0 aliphatic carbocycles. The van der Waals surface area contributed by atoms with Crippen LogP contribution < -0.4 is 0 Å². The molecule has 11 heavy (non-hydrogen) atoms. The summed E-state index contributed by atoms with van der Waals surface area (Å²) in [5.41, 5.74) is 0. The minimum Gasteiger partial charge on any atom is -0.300 e. The van der Waals surface area contributed by atoms with Crippen LogP contribution in [-0.4, -0.2) is 20.5 Å². The Morgan fingerprint density at radius 2 is 2.45 bits per heavy atom. The number of aryl methyl sites for hydroxylation is 1. The lowest BCUT2D eigenvalue weighted by Gasteiger charge is -1.98. The maximum absolute atomic E-state index is 10.7. The fourth-order valence-corrected chi connectivity index (χ4v) is 0.912. The third kappa shape index (κ3) is 1.86. The summed E-state index contributed by atoms with van der Waals surface area (Å²) >= 11 is 0. The average Bonchev–Trinajstić information content (AvgIpc) is 2.34. The summed E-state index contributed by atoms with van der Waals surface area (Å²) in [7, 11) is 0. The van der Waals surface area contributed by atoms with Crippen molar-refractivity contribution in [2.24, 2.45) is 0 Å². The molecule has 1 aromatic rings. The molecular weight excluding hydrogens is 142 g/mol. The Kier molecular flexibility index (Phi) is 2.36. The first-order valence-electron chi connectivity index (χ1n) is 3.60. The Balaban J connectivity index is 2.76. The lowest BCUT2D eigenvalue weighted by Crippen LogP contribution is -2.07. The van der Waals surface area contributed by atoms with Gasteiger partial charge in [0.1, 0.15) is 17.9 Å². The van der Waals surface area contributed by atoms with Gasteiger partial charge < -0.3 is 0 Å². The van der Waals surface area contributed by atoms with Gasteiger partial charge in [0.25, 0.3) is 0 Å². The van der Waals surface area contributed by atoms with Gasteiger partial charge in [-0.25, -0.2) is 9.67 Å². The van der Waals surface area contributed by atoms with Gasteiger partial charge in [0.15, 0.2) is 0 Å². The SMILES string of the molecule is CCn1ncnc1CC(C)=O. The van der Waals surface area contributed by atoms with E-state index in [0.717, 1.165) is 12.4 Å². The minimum absolute atomic E-state index is 0.118. The smallest absolute Gasteiger partial charge is 0.138 e. The molecule has 4 heteroatoms. The maximum Gasteiger partial charge on any atom is 0.138 e. The third-order valence-electron chi connectivity index (χ3n) is 1.40. The molecule has 60 valence electrons.